The summed E-state index contributed by atoms with van der Waals surface area (Å²) in [4.78, 5) is 16.0. The van der Waals surface area contributed by atoms with Crippen molar-refractivity contribution in [2.45, 2.75) is 19.9 Å². The summed E-state index contributed by atoms with van der Waals surface area (Å²) in [6, 6.07) is 7.73. The molecule has 2 aromatic rings. The number of hydrogen-bond acceptors (Lipinski definition) is 3. The Kier molecular flexibility index (Phi) is 3.84. The zero-order valence-corrected chi connectivity index (χ0v) is 10.7. The zero-order chi connectivity index (χ0) is 12.3. The van der Waals surface area contributed by atoms with Gasteiger partial charge in [-0.2, -0.15) is 12.6 Å². The van der Waals surface area contributed by atoms with Crippen molar-refractivity contribution in [1.29, 1.82) is 0 Å². The molecule has 4 heteroatoms. The van der Waals surface area contributed by atoms with Gasteiger partial charge in [0.25, 0.3) is 5.56 Å². The van der Waals surface area contributed by atoms with Crippen LogP contribution in [0.15, 0.2) is 35.3 Å². The van der Waals surface area contributed by atoms with Crippen molar-refractivity contribution in [1.82, 2.24) is 9.55 Å². The van der Waals surface area contributed by atoms with Crippen LogP contribution in [-0.4, -0.2) is 15.3 Å². The fraction of sp³-hybridized carbons (Fsp3) is 0.385. The van der Waals surface area contributed by atoms with E-state index in [1.807, 2.05) is 24.3 Å². The number of fused-ring (bicyclic) bond motifs is 1. The van der Waals surface area contributed by atoms with E-state index < -0.39 is 0 Å². The van der Waals surface area contributed by atoms with Crippen molar-refractivity contribution in [2.24, 2.45) is 5.92 Å². The molecule has 1 aromatic heterocycles. The third-order valence-corrected chi connectivity index (χ3v) is 3.55. The number of hydrogen-bond donors (Lipinski definition) is 1. The largest absolute Gasteiger partial charge is 0.305 e. The summed E-state index contributed by atoms with van der Waals surface area (Å²) in [6.45, 7) is 2.83. The highest BCUT2D eigenvalue weighted by Crippen LogP contribution is 2.13. The minimum absolute atomic E-state index is 0.0380. The van der Waals surface area contributed by atoms with Crippen molar-refractivity contribution < 1.29 is 0 Å². The molecule has 0 saturated heterocycles. The zero-order valence-electron chi connectivity index (χ0n) is 9.84. The standard InChI is InChI=1S/C13H16N2OS/c1-2-10(9-17)8-15-12-6-4-3-5-11(12)14-7-13(15)16/h3-7,10,17H,2,8-9H2,1H3. The van der Waals surface area contributed by atoms with Gasteiger partial charge in [-0.15, -0.1) is 0 Å². The average molecular weight is 248 g/mol. The van der Waals surface area contributed by atoms with Crippen molar-refractivity contribution in [3.8, 4) is 0 Å². The van der Waals surface area contributed by atoms with Gasteiger partial charge in [0.1, 0.15) is 0 Å². The number of nitrogens with zero attached hydrogens (tertiary/aromatic N) is 2. The van der Waals surface area contributed by atoms with Gasteiger partial charge in [-0.3, -0.25) is 4.79 Å². The summed E-state index contributed by atoms with van der Waals surface area (Å²) < 4.78 is 1.80. The van der Waals surface area contributed by atoms with Gasteiger partial charge in [0.15, 0.2) is 0 Å². The van der Waals surface area contributed by atoms with Gasteiger partial charge in [-0.1, -0.05) is 25.5 Å². The van der Waals surface area contributed by atoms with Crippen molar-refractivity contribution in [3.63, 3.8) is 0 Å². The Bertz CT molecular complexity index is 561. The van der Waals surface area contributed by atoms with Gasteiger partial charge in [0.2, 0.25) is 0 Å². The molecule has 0 aliphatic heterocycles. The molecular weight excluding hydrogens is 232 g/mol. The maximum atomic E-state index is 11.9. The lowest BCUT2D eigenvalue weighted by Gasteiger charge is -2.15. The Morgan fingerprint density at radius 1 is 1.41 bits per heavy atom. The number of benzene rings is 1. The molecule has 1 aromatic carbocycles. The molecule has 90 valence electrons. The third-order valence-electron chi connectivity index (χ3n) is 3.03. The lowest BCUT2D eigenvalue weighted by molar-refractivity contribution is 0.477. The predicted molar refractivity (Wildman–Crippen MR) is 73.6 cm³/mol. The van der Waals surface area contributed by atoms with E-state index in [4.69, 9.17) is 0 Å². The molecule has 0 fully saturated rings. The predicted octanol–water partition coefficient (Wildman–Crippen LogP) is 2.35. The minimum atomic E-state index is -0.0380. The number of rotatable bonds is 4. The summed E-state index contributed by atoms with van der Waals surface area (Å²) in [7, 11) is 0. The molecule has 3 nitrogen and oxygen atoms in total. The van der Waals surface area contributed by atoms with E-state index in [2.05, 4.69) is 24.5 Å². The molecule has 0 saturated carbocycles. The first-order valence-electron chi connectivity index (χ1n) is 5.81. The molecule has 0 amide bonds. The molecule has 2 rings (SSSR count). The number of para-hydroxylation sites is 2. The Balaban J connectivity index is 2.51. The second-order valence-corrected chi connectivity index (χ2v) is 4.52. The number of aromatic nitrogens is 2. The monoisotopic (exact) mass is 248 g/mol. The van der Waals surface area contributed by atoms with Gasteiger partial charge < -0.3 is 4.57 Å². The first-order valence-corrected chi connectivity index (χ1v) is 6.45. The van der Waals surface area contributed by atoms with E-state index in [-0.39, 0.29) is 5.56 Å². The van der Waals surface area contributed by atoms with E-state index in [1.165, 1.54) is 6.20 Å². The van der Waals surface area contributed by atoms with Crippen LogP contribution >= 0.6 is 12.6 Å². The second-order valence-electron chi connectivity index (χ2n) is 4.15. The maximum absolute atomic E-state index is 11.9. The summed E-state index contributed by atoms with van der Waals surface area (Å²) in [5, 5.41) is 0. The van der Waals surface area contributed by atoms with E-state index >= 15 is 0 Å². The molecule has 1 unspecified atom stereocenters. The molecule has 0 N–H and O–H groups in total. The molecule has 17 heavy (non-hydrogen) atoms. The summed E-state index contributed by atoms with van der Waals surface area (Å²) in [5.74, 6) is 1.21. The van der Waals surface area contributed by atoms with Crippen LogP contribution in [0.25, 0.3) is 11.0 Å². The van der Waals surface area contributed by atoms with Crippen LogP contribution in [0.1, 0.15) is 13.3 Å². The van der Waals surface area contributed by atoms with E-state index in [9.17, 15) is 4.79 Å². The van der Waals surface area contributed by atoms with E-state index in [0.29, 0.717) is 12.5 Å². The maximum Gasteiger partial charge on any atom is 0.269 e. The van der Waals surface area contributed by atoms with Crippen molar-refractivity contribution in [3.05, 3.63) is 40.8 Å². The third kappa shape index (κ3) is 2.52. The van der Waals surface area contributed by atoms with E-state index in [1.54, 1.807) is 4.57 Å². The van der Waals surface area contributed by atoms with Crippen molar-refractivity contribution in [2.75, 3.05) is 5.75 Å². The first-order chi connectivity index (χ1) is 8.26. The van der Waals surface area contributed by atoms with Gasteiger partial charge >= 0.3 is 0 Å². The number of thiol groups is 1. The smallest absolute Gasteiger partial charge is 0.269 e. The SMILES string of the molecule is CCC(CS)Cn1c(=O)cnc2ccccc21. The Hall–Kier alpha value is -1.29. The summed E-state index contributed by atoms with van der Waals surface area (Å²) in [5.41, 5.74) is 1.73. The topological polar surface area (TPSA) is 34.9 Å². The molecule has 0 radical (unpaired) electrons. The Morgan fingerprint density at radius 3 is 2.88 bits per heavy atom. The van der Waals surface area contributed by atoms with Gasteiger partial charge in [-0.05, 0) is 23.8 Å². The minimum Gasteiger partial charge on any atom is -0.305 e. The molecule has 1 atom stereocenters. The first kappa shape index (κ1) is 12.2. The van der Waals surface area contributed by atoms with Crippen LogP contribution in [-0.2, 0) is 6.54 Å². The van der Waals surface area contributed by atoms with Gasteiger partial charge in [0, 0.05) is 6.54 Å². The molecule has 0 spiro atoms. The van der Waals surface area contributed by atoms with Crippen LogP contribution in [0, 0.1) is 5.92 Å². The fourth-order valence-corrected chi connectivity index (χ4v) is 2.25. The lowest BCUT2D eigenvalue weighted by Crippen LogP contribution is -2.25. The average Bonchev–Trinajstić information content (AvgIpc) is 2.38. The molecule has 0 aliphatic carbocycles. The fourth-order valence-electron chi connectivity index (χ4n) is 1.88. The van der Waals surface area contributed by atoms with Crippen LogP contribution in [0.2, 0.25) is 0 Å². The Labute approximate surface area is 106 Å². The molecular formula is C13H16N2OS. The van der Waals surface area contributed by atoms with Crippen LogP contribution in [0.5, 0.6) is 0 Å². The van der Waals surface area contributed by atoms with Gasteiger partial charge in [-0.25, -0.2) is 4.98 Å². The second kappa shape index (κ2) is 5.36. The lowest BCUT2D eigenvalue weighted by atomic mass is 10.1. The van der Waals surface area contributed by atoms with Crippen LogP contribution in [0.4, 0.5) is 0 Å². The normalized spacial score (nSPS) is 12.8. The quantitative estimate of drug-likeness (QED) is 0.843. The highest BCUT2D eigenvalue weighted by molar-refractivity contribution is 7.80. The van der Waals surface area contributed by atoms with Crippen molar-refractivity contribution >= 4 is 23.7 Å². The molecule has 0 bridgehead atoms. The summed E-state index contributed by atoms with van der Waals surface area (Å²) >= 11 is 4.32. The van der Waals surface area contributed by atoms with Crippen LogP contribution in [0.3, 0.4) is 0 Å². The molecule has 1 heterocycles. The Morgan fingerprint density at radius 2 is 2.18 bits per heavy atom. The molecule has 0 aliphatic rings. The summed E-state index contributed by atoms with van der Waals surface area (Å²) in [6.07, 6.45) is 2.42. The highest BCUT2D eigenvalue weighted by atomic mass is 32.1. The van der Waals surface area contributed by atoms with Crippen LogP contribution < -0.4 is 5.56 Å². The highest BCUT2D eigenvalue weighted by Gasteiger charge is 2.09. The van der Waals surface area contributed by atoms with E-state index in [0.717, 1.165) is 23.2 Å². The van der Waals surface area contributed by atoms with Gasteiger partial charge in [0.05, 0.1) is 17.2 Å².